The molecule has 1 aliphatic heterocycles. The van der Waals surface area contributed by atoms with Crippen molar-refractivity contribution in [2.24, 2.45) is 10.8 Å². The number of carbonyl (C=O) groups excluding carboxylic acids is 2. The zero-order chi connectivity index (χ0) is 18.7. The van der Waals surface area contributed by atoms with Gasteiger partial charge in [0.2, 0.25) is 5.75 Å². The highest BCUT2D eigenvalue weighted by molar-refractivity contribution is 7.21. The van der Waals surface area contributed by atoms with Gasteiger partial charge in [-0.1, -0.05) is 33.2 Å². The maximum absolute atomic E-state index is 13.8. The van der Waals surface area contributed by atoms with Gasteiger partial charge in [0.1, 0.15) is 11.4 Å². The molecule has 3 nitrogen and oxygen atoms in total. The second-order valence-electron chi connectivity index (χ2n) is 6.77. The molecule has 1 aromatic rings. The van der Waals surface area contributed by atoms with Crippen LogP contribution in [-0.4, -0.2) is 24.4 Å². The van der Waals surface area contributed by atoms with Crippen molar-refractivity contribution in [3.05, 3.63) is 23.8 Å². The summed E-state index contributed by atoms with van der Waals surface area (Å²) < 4.78 is 67.5. The Morgan fingerprint density at radius 3 is 1.62 bits per heavy atom. The second kappa shape index (κ2) is 5.29. The number of carbonyl (C=O) groups is 2. The van der Waals surface area contributed by atoms with Crippen LogP contribution in [0.4, 0.5) is 22.0 Å². The molecule has 24 heavy (non-hydrogen) atoms. The molecule has 1 heterocycles. The van der Waals surface area contributed by atoms with E-state index in [0.717, 1.165) is 0 Å². The van der Waals surface area contributed by atoms with Gasteiger partial charge in [-0.2, -0.15) is 0 Å². The lowest BCUT2D eigenvalue weighted by Crippen LogP contribution is -2.44. The Morgan fingerprint density at radius 1 is 0.917 bits per heavy atom. The highest BCUT2D eigenvalue weighted by Gasteiger charge is 2.62. The van der Waals surface area contributed by atoms with Crippen LogP contribution >= 0.6 is 0 Å². The summed E-state index contributed by atoms with van der Waals surface area (Å²) in [5, 5.41) is 0. The first-order valence-corrected chi connectivity index (χ1v) is 7.03. The van der Waals surface area contributed by atoms with E-state index in [-0.39, 0.29) is 5.46 Å². The number of ether oxygens (including phenoxy) is 1. The number of hydrogen-bond donors (Lipinski definition) is 0. The number of rotatable bonds is 2. The zero-order valence-corrected chi connectivity index (χ0v) is 13.3. The summed E-state index contributed by atoms with van der Waals surface area (Å²) in [5.74, 6) is -4.89. The van der Waals surface area contributed by atoms with Gasteiger partial charge in [0.15, 0.2) is 11.6 Å². The summed E-state index contributed by atoms with van der Waals surface area (Å²) in [7, 11) is 0. The normalized spacial score (nSPS) is 19.8. The van der Waals surface area contributed by atoms with E-state index in [4.69, 9.17) is 0 Å². The maximum Gasteiger partial charge on any atom is 0.573 e. The number of hydrogen-bond acceptors (Lipinski definition) is 3. The number of benzene rings is 1. The van der Waals surface area contributed by atoms with E-state index in [1.165, 1.54) is 0 Å². The summed E-state index contributed by atoms with van der Waals surface area (Å²) in [5.41, 5.74) is -3.57. The molecule has 0 saturated carbocycles. The molecule has 9 heteroatoms. The van der Waals surface area contributed by atoms with Crippen LogP contribution in [0.5, 0.6) is 5.75 Å². The molecule has 1 aromatic carbocycles. The van der Waals surface area contributed by atoms with Gasteiger partial charge in [0, 0.05) is 10.8 Å². The van der Waals surface area contributed by atoms with E-state index < -0.39 is 52.7 Å². The van der Waals surface area contributed by atoms with E-state index >= 15 is 0 Å². The summed E-state index contributed by atoms with van der Waals surface area (Å²) in [6.07, 6.45) is -5.27. The predicted molar refractivity (Wildman–Crippen MR) is 76.0 cm³/mol. The lowest BCUT2D eigenvalue weighted by Gasteiger charge is -2.31. The lowest BCUT2D eigenvalue weighted by atomic mass is 9.40. The molecule has 0 N–H and O–H groups in total. The molecule has 0 radical (unpaired) electrons. The SMILES string of the molecule is CC1(C)C(=O)B(c2cc(F)c(OC(F)(F)F)c(F)c2)C(=O)C1(C)C. The third kappa shape index (κ3) is 2.69. The van der Waals surface area contributed by atoms with Gasteiger partial charge in [-0.15, -0.1) is 13.2 Å². The van der Waals surface area contributed by atoms with Crippen LogP contribution in [0.3, 0.4) is 0 Å². The van der Waals surface area contributed by atoms with Crippen LogP contribution in [0, 0.1) is 22.5 Å². The van der Waals surface area contributed by atoms with Crippen molar-refractivity contribution in [1.29, 1.82) is 0 Å². The number of halogens is 5. The molecule has 130 valence electrons. The second-order valence-corrected chi connectivity index (χ2v) is 6.77. The molecule has 0 unspecified atom stereocenters. The molecule has 0 spiro atoms. The highest BCUT2D eigenvalue weighted by atomic mass is 19.4. The molecule has 0 aromatic heterocycles. The predicted octanol–water partition coefficient (Wildman–Crippen LogP) is 2.85. The van der Waals surface area contributed by atoms with Crippen LogP contribution in [0.1, 0.15) is 27.7 Å². The van der Waals surface area contributed by atoms with E-state index in [2.05, 4.69) is 4.74 Å². The maximum atomic E-state index is 13.8. The minimum atomic E-state index is -5.27. The smallest absolute Gasteiger partial charge is 0.399 e. The summed E-state index contributed by atoms with van der Waals surface area (Å²) in [4.78, 5) is 25.0. The van der Waals surface area contributed by atoms with Crippen molar-refractivity contribution >= 4 is 23.5 Å². The first-order chi connectivity index (χ1) is 10.7. The van der Waals surface area contributed by atoms with Crippen LogP contribution in [-0.2, 0) is 9.59 Å². The van der Waals surface area contributed by atoms with Gasteiger partial charge in [-0.3, -0.25) is 0 Å². The van der Waals surface area contributed by atoms with Crippen molar-refractivity contribution in [2.45, 2.75) is 34.1 Å². The fraction of sp³-hybridized carbons (Fsp3) is 0.467. The minimum Gasteiger partial charge on any atom is -0.399 e. The van der Waals surface area contributed by atoms with Gasteiger partial charge >= 0.3 is 13.1 Å². The molecule has 2 rings (SSSR count). The first-order valence-electron chi connectivity index (χ1n) is 7.03. The van der Waals surface area contributed by atoms with Crippen LogP contribution < -0.4 is 10.2 Å². The van der Waals surface area contributed by atoms with Crippen LogP contribution in [0.25, 0.3) is 0 Å². The van der Waals surface area contributed by atoms with E-state index in [9.17, 15) is 31.5 Å². The fourth-order valence-corrected chi connectivity index (χ4v) is 2.72. The van der Waals surface area contributed by atoms with E-state index in [1.54, 1.807) is 27.7 Å². The molecule has 1 aliphatic rings. The van der Waals surface area contributed by atoms with Crippen molar-refractivity contribution in [1.82, 2.24) is 0 Å². The topological polar surface area (TPSA) is 43.4 Å². The van der Waals surface area contributed by atoms with Crippen molar-refractivity contribution in [2.75, 3.05) is 0 Å². The fourth-order valence-electron chi connectivity index (χ4n) is 2.72. The van der Waals surface area contributed by atoms with E-state index in [1.807, 2.05) is 0 Å². The third-order valence-electron chi connectivity index (χ3n) is 4.89. The minimum absolute atomic E-state index is 0.326. The quantitative estimate of drug-likeness (QED) is 0.610. The zero-order valence-electron chi connectivity index (χ0n) is 13.3. The van der Waals surface area contributed by atoms with Gasteiger partial charge < -0.3 is 14.3 Å². The Bertz CT molecular complexity index is 675. The Morgan fingerprint density at radius 2 is 1.29 bits per heavy atom. The molecule has 0 aliphatic carbocycles. The Kier molecular flexibility index (Phi) is 4.06. The van der Waals surface area contributed by atoms with Crippen molar-refractivity contribution in [3.63, 3.8) is 0 Å². The Hall–Kier alpha value is -1.93. The average Bonchev–Trinajstić information content (AvgIpc) is 2.52. The lowest BCUT2D eigenvalue weighted by molar-refractivity contribution is -0.276. The summed E-state index contributed by atoms with van der Waals surface area (Å²) in [6.45, 7) is 4.74. The molecule has 1 fully saturated rings. The molecule has 0 bridgehead atoms. The largest absolute Gasteiger partial charge is 0.573 e. The molecular formula is C15H14BF5O3. The highest BCUT2D eigenvalue weighted by Crippen LogP contribution is 2.46. The van der Waals surface area contributed by atoms with Crippen molar-refractivity contribution < 1.29 is 36.3 Å². The van der Waals surface area contributed by atoms with Gasteiger partial charge in [-0.05, 0) is 12.1 Å². The molecule has 0 atom stereocenters. The summed E-state index contributed by atoms with van der Waals surface area (Å²) >= 11 is 0. The van der Waals surface area contributed by atoms with Gasteiger partial charge in [0.25, 0.3) is 0 Å². The van der Waals surface area contributed by atoms with Crippen LogP contribution in [0.15, 0.2) is 12.1 Å². The van der Waals surface area contributed by atoms with E-state index in [0.29, 0.717) is 12.1 Å². The van der Waals surface area contributed by atoms with Gasteiger partial charge in [0.05, 0.1) is 0 Å². The third-order valence-corrected chi connectivity index (χ3v) is 4.89. The molecular weight excluding hydrogens is 334 g/mol. The van der Waals surface area contributed by atoms with Crippen LogP contribution in [0.2, 0.25) is 0 Å². The average molecular weight is 348 g/mol. The molecule has 1 saturated heterocycles. The van der Waals surface area contributed by atoms with Gasteiger partial charge in [-0.25, -0.2) is 8.78 Å². The monoisotopic (exact) mass is 348 g/mol. The Labute approximate surface area is 135 Å². The number of alkyl halides is 3. The summed E-state index contributed by atoms with van der Waals surface area (Å²) in [6, 6.07) is 1.06. The Balaban J connectivity index is 2.52. The molecule has 0 amide bonds. The van der Waals surface area contributed by atoms with Crippen molar-refractivity contribution in [3.8, 4) is 5.75 Å². The standard InChI is InChI=1S/C15H14BF5O3/c1-13(2)11(22)16(12(23)14(13,3)4)7-5-8(17)10(9(18)6-7)24-15(19,20)21/h5-6H,1-4H3. The first kappa shape index (κ1) is 18.4.